The molecular weight excluding hydrogens is 346 g/mol. The van der Waals surface area contributed by atoms with Crippen molar-refractivity contribution in [2.75, 3.05) is 13.2 Å². The van der Waals surface area contributed by atoms with Crippen LogP contribution in [0.3, 0.4) is 0 Å². The molecule has 0 spiro atoms. The standard InChI is InChI=1S/C23H36F2O2/c1-2-3-4-6-17-9-11-19(12-10-17)21-14-13-20(22(24)23(21)25)8-5-7-18(15-26)16-27/h13-14,17-19,26-27H,2-12,15-16H2,1H3. The smallest absolute Gasteiger partial charge is 0.162 e. The molecular formula is C23H36F2O2. The van der Waals surface area contributed by atoms with E-state index in [9.17, 15) is 8.78 Å². The maximum atomic E-state index is 14.7. The maximum absolute atomic E-state index is 14.7. The molecule has 0 amide bonds. The van der Waals surface area contributed by atoms with Gasteiger partial charge in [0.05, 0.1) is 0 Å². The van der Waals surface area contributed by atoms with E-state index in [1.54, 1.807) is 12.1 Å². The first-order valence-electron chi connectivity index (χ1n) is 10.8. The van der Waals surface area contributed by atoms with Crippen molar-refractivity contribution in [2.24, 2.45) is 11.8 Å². The molecule has 0 saturated heterocycles. The Labute approximate surface area is 163 Å². The summed E-state index contributed by atoms with van der Waals surface area (Å²) in [5.74, 6) is -0.648. The minimum absolute atomic E-state index is 0.0760. The van der Waals surface area contributed by atoms with Gasteiger partial charge in [0.1, 0.15) is 0 Å². The third-order valence-corrected chi connectivity index (χ3v) is 6.27. The number of halogens is 2. The van der Waals surface area contributed by atoms with Crippen molar-refractivity contribution in [3.05, 3.63) is 34.9 Å². The van der Waals surface area contributed by atoms with E-state index in [2.05, 4.69) is 6.92 Å². The van der Waals surface area contributed by atoms with Crippen LogP contribution in [-0.2, 0) is 6.42 Å². The molecule has 1 aromatic carbocycles. The van der Waals surface area contributed by atoms with E-state index in [1.807, 2.05) is 0 Å². The summed E-state index contributed by atoms with van der Waals surface area (Å²) in [5, 5.41) is 18.2. The quantitative estimate of drug-likeness (QED) is 0.479. The molecule has 0 radical (unpaired) electrons. The highest BCUT2D eigenvalue weighted by molar-refractivity contribution is 5.29. The fourth-order valence-electron chi connectivity index (χ4n) is 4.38. The second-order valence-corrected chi connectivity index (χ2v) is 8.28. The van der Waals surface area contributed by atoms with E-state index in [0.717, 1.165) is 31.6 Å². The van der Waals surface area contributed by atoms with Crippen LogP contribution in [0.4, 0.5) is 8.78 Å². The van der Waals surface area contributed by atoms with E-state index in [-0.39, 0.29) is 25.0 Å². The van der Waals surface area contributed by atoms with Gasteiger partial charge in [0.15, 0.2) is 11.6 Å². The van der Waals surface area contributed by atoms with Crippen LogP contribution in [0.1, 0.15) is 88.2 Å². The Morgan fingerprint density at radius 2 is 1.67 bits per heavy atom. The number of aliphatic hydroxyl groups is 2. The summed E-state index contributed by atoms with van der Waals surface area (Å²) in [5.41, 5.74) is 0.950. The summed E-state index contributed by atoms with van der Waals surface area (Å²) in [6.45, 7) is 2.07. The van der Waals surface area contributed by atoms with Gasteiger partial charge in [-0.15, -0.1) is 0 Å². The molecule has 1 aromatic rings. The second-order valence-electron chi connectivity index (χ2n) is 8.28. The van der Waals surface area contributed by atoms with E-state index in [0.29, 0.717) is 30.4 Å². The number of aryl methyl sites for hydroxylation is 1. The summed E-state index contributed by atoms with van der Waals surface area (Å²) < 4.78 is 29.2. The molecule has 2 N–H and O–H groups in total. The Bertz CT molecular complexity index is 550. The zero-order valence-corrected chi connectivity index (χ0v) is 16.7. The molecule has 1 fully saturated rings. The maximum Gasteiger partial charge on any atom is 0.162 e. The lowest BCUT2D eigenvalue weighted by molar-refractivity contribution is 0.142. The van der Waals surface area contributed by atoms with Crippen LogP contribution in [0, 0.1) is 23.5 Å². The molecule has 0 heterocycles. The second kappa shape index (κ2) is 11.8. The van der Waals surface area contributed by atoms with E-state index >= 15 is 0 Å². The van der Waals surface area contributed by atoms with E-state index in [4.69, 9.17) is 10.2 Å². The Balaban J connectivity index is 1.89. The Morgan fingerprint density at radius 1 is 0.963 bits per heavy atom. The number of aliphatic hydroxyl groups excluding tert-OH is 2. The molecule has 0 unspecified atom stereocenters. The van der Waals surface area contributed by atoms with Gasteiger partial charge in [-0.25, -0.2) is 8.78 Å². The van der Waals surface area contributed by atoms with Crippen LogP contribution in [-0.4, -0.2) is 23.4 Å². The number of benzene rings is 1. The van der Waals surface area contributed by atoms with Crippen LogP contribution in [0.2, 0.25) is 0 Å². The molecule has 154 valence electrons. The van der Waals surface area contributed by atoms with Crippen molar-refractivity contribution in [1.29, 1.82) is 0 Å². The molecule has 1 aliphatic rings. The first-order valence-corrected chi connectivity index (χ1v) is 10.8. The minimum Gasteiger partial charge on any atom is -0.396 e. The fraction of sp³-hybridized carbons (Fsp3) is 0.739. The first-order chi connectivity index (χ1) is 13.1. The van der Waals surface area contributed by atoms with Gasteiger partial charge in [-0.1, -0.05) is 44.7 Å². The Morgan fingerprint density at radius 3 is 2.30 bits per heavy atom. The van der Waals surface area contributed by atoms with Gasteiger partial charge < -0.3 is 10.2 Å². The Hall–Kier alpha value is -1.00. The molecule has 4 heteroatoms. The molecule has 2 nitrogen and oxygen atoms in total. The lowest BCUT2D eigenvalue weighted by Crippen LogP contribution is -2.15. The van der Waals surface area contributed by atoms with Crippen molar-refractivity contribution in [3.63, 3.8) is 0 Å². The normalized spacial score (nSPS) is 20.4. The minimum atomic E-state index is -0.706. The molecule has 0 aromatic heterocycles. The summed E-state index contributed by atoms with van der Waals surface area (Å²) in [4.78, 5) is 0. The van der Waals surface area contributed by atoms with Crippen LogP contribution < -0.4 is 0 Å². The molecule has 0 atom stereocenters. The largest absolute Gasteiger partial charge is 0.396 e. The highest BCUT2D eigenvalue weighted by Crippen LogP contribution is 2.39. The van der Waals surface area contributed by atoms with E-state index < -0.39 is 11.6 Å². The number of hydrogen-bond donors (Lipinski definition) is 2. The van der Waals surface area contributed by atoms with Crippen LogP contribution >= 0.6 is 0 Å². The molecule has 27 heavy (non-hydrogen) atoms. The fourth-order valence-corrected chi connectivity index (χ4v) is 4.38. The zero-order chi connectivity index (χ0) is 19.6. The average molecular weight is 383 g/mol. The first kappa shape index (κ1) is 22.3. The molecule has 0 bridgehead atoms. The van der Waals surface area contributed by atoms with Crippen molar-refractivity contribution in [2.45, 2.75) is 83.5 Å². The highest BCUT2D eigenvalue weighted by Gasteiger charge is 2.26. The number of rotatable bonds is 11. The monoisotopic (exact) mass is 382 g/mol. The van der Waals surface area contributed by atoms with Gasteiger partial charge >= 0.3 is 0 Å². The topological polar surface area (TPSA) is 40.5 Å². The molecule has 2 rings (SSSR count). The van der Waals surface area contributed by atoms with Crippen LogP contribution in [0.15, 0.2) is 12.1 Å². The van der Waals surface area contributed by atoms with Gasteiger partial charge in [0.2, 0.25) is 0 Å². The summed E-state index contributed by atoms with van der Waals surface area (Å²) >= 11 is 0. The van der Waals surface area contributed by atoms with Gasteiger partial charge in [-0.3, -0.25) is 0 Å². The lowest BCUT2D eigenvalue weighted by atomic mass is 9.76. The van der Waals surface area contributed by atoms with Crippen molar-refractivity contribution in [3.8, 4) is 0 Å². The number of unbranched alkanes of at least 4 members (excludes halogenated alkanes) is 2. The van der Waals surface area contributed by atoms with Gasteiger partial charge in [0.25, 0.3) is 0 Å². The van der Waals surface area contributed by atoms with Crippen molar-refractivity contribution < 1.29 is 19.0 Å². The van der Waals surface area contributed by atoms with Crippen LogP contribution in [0.5, 0.6) is 0 Å². The highest BCUT2D eigenvalue weighted by atomic mass is 19.2. The molecule has 0 aliphatic heterocycles. The molecule has 1 saturated carbocycles. The average Bonchev–Trinajstić information content (AvgIpc) is 2.69. The van der Waals surface area contributed by atoms with Crippen molar-refractivity contribution >= 4 is 0 Å². The van der Waals surface area contributed by atoms with Crippen molar-refractivity contribution in [1.82, 2.24) is 0 Å². The lowest BCUT2D eigenvalue weighted by Gasteiger charge is -2.29. The number of hydrogen-bond acceptors (Lipinski definition) is 2. The predicted molar refractivity (Wildman–Crippen MR) is 106 cm³/mol. The van der Waals surface area contributed by atoms with E-state index in [1.165, 1.54) is 25.7 Å². The zero-order valence-electron chi connectivity index (χ0n) is 16.7. The van der Waals surface area contributed by atoms with Crippen LogP contribution in [0.25, 0.3) is 0 Å². The Kier molecular flexibility index (Phi) is 9.70. The van der Waals surface area contributed by atoms with Gasteiger partial charge in [0, 0.05) is 19.1 Å². The third-order valence-electron chi connectivity index (χ3n) is 6.27. The third kappa shape index (κ3) is 6.53. The van der Waals surface area contributed by atoms with Gasteiger partial charge in [-0.05, 0) is 67.9 Å². The summed E-state index contributed by atoms with van der Waals surface area (Å²) in [6.07, 6.45) is 10.9. The summed E-state index contributed by atoms with van der Waals surface area (Å²) in [6, 6.07) is 3.51. The molecule has 1 aliphatic carbocycles. The van der Waals surface area contributed by atoms with Gasteiger partial charge in [-0.2, -0.15) is 0 Å². The SMILES string of the molecule is CCCCCC1CCC(c2ccc(CCCC(CO)CO)c(F)c2F)CC1. The predicted octanol–water partition coefficient (Wildman–Crippen LogP) is 5.74. The summed E-state index contributed by atoms with van der Waals surface area (Å²) in [7, 11) is 0.